The van der Waals surface area contributed by atoms with Gasteiger partial charge in [0.15, 0.2) is 0 Å². The summed E-state index contributed by atoms with van der Waals surface area (Å²) in [7, 11) is 0. The number of rotatable bonds is 3. The molecule has 0 radical (unpaired) electrons. The molecule has 0 aromatic rings. The van der Waals surface area contributed by atoms with E-state index in [4.69, 9.17) is 5.11 Å². The average molecular weight is 271 g/mol. The predicted molar refractivity (Wildman–Crippen MR) is 72.7 cm³/mol. The fraction of sp³-hybridized carbons (Fsp3) is 0.929. The smallest absolute Gasteiger partial charge is 0.303 e. The molecule has 110 valence electrons. The molecule has 2 unspecified atom stereocenters. The quantitative estimate of drug-likeness (QED) is 0.627. The second-order valence-electron chi connectivity index (χ2n) is 5.68. The Morgan fingerprint density at radius 3 is 2.16 bits per heavy atom. The van der Waals surface area contributed by atoms with Gasteiger partial charge in [-0.1, -0.05) is 32.1 Å². The van der Waals surface area contributed by atoms with Crippen molar-refractivity contribution in [3.05, 3.63) is 10.1 Å². The minimum Gasteiger partial charge on any atom is -0.481 e. The van der Waals surface area contributed by atoms with Crippen LogP contribution in [0.3, 0.4) is 0 Å². The number of carbonyl (C=O) groups is 1. The topological polar surface area (TPSA) is 80.4 Å². The van der Waals surface area contributed by atoms with Crippen molar-refractivity contribution in [2.75, 3.05) is 0 Å². The Morgan fingerprint density at radius 1 is 1.00 bits per heavy atom. The lowest BCUT2D eigenvalue weighted by molar-refractivity contribution is -0.524. The van der Waals surface area contributed by atoms with E-state index in [1.165, 1.54) is 6.42 Å². The van der Waals surface area contributed by atoms with Crippen molar-refractivity contribution >= 4 is 5.97 Å². The molecular formula is C14H25NO4. The Balaban J connectivity index is 2.53. The van der Waals surface area contributed by atoms with Crippen LogP contribution < -0.4 is 0 Å². The van der Waals surface area contributed by atoms with E-state index in [-0.39, 0.29) is 17.3 Å². The van der Waals surface area contributed by atoms with Crippen LogP contribution in [-0.2, 0) is 4.79 Å². The van der Waals surface area contributed by atoms with Gasteiger partial charge in [0.05, 0.1) is 0 Å². The minimum absolute atomic E-state index is 0.111. The molecule has 0 heterocycles. The first-order valence-corrected chi connectivity index (χ1v) is 7.45. The van der Waals surface area contributed by atoms with Gasteiger partial charge in [0.2, 0.25) is 6.04 Å². The van der Waals surface area contributed by atoms with Crippen LogP contribution in [0.1, 0.15) is 70.6 Å². The summed E-state index contributed by atoms with van der Waals surface area (Å²) < 4.78 is 0. The van der Waals surface area contributed by atoms with E-state index < -0.39 is 12.0 Å². The van der Waals surface area contributed by atoms with Crippen LogP contribution in [0.2, 0.25) is 0 Å². The molecule has 1 N–H and O–H groups in total. The number of nitro groups is 1. The molecule has 5 heteroatoms. The maximum Gasteiger partial charge on any atom is 0.303 e. The normalized spacial score (nSPS) is 26.9. The van der Waals surface area contributed by atoms with Gasteiger partial charge < -0.3 is 5.11 Å². The van der Waals surface area contributed by atoms with Crippen LogP contribution in [0.4, 0.5) is 0 Å². The number of nitrogens with zero attached hydrogens (tertiary/aromatic N) is 1. The molecule has 0 aromatic carbocycles. The first-order chi connectivity index (χ1) is 9.09. The van der Waals surface area contributed by atoms with Gasteiger partial charge in [-0.25, -0.2) is 0 Å². The zero-order valence-electron chi connectivity index (χ0n) is 11.6. The van der Waals surface area contributed by atoms with E-state index in [1.54, 1.807) is 0 Å². The second-order valence-corrected chi connectivity index (χ2v) is 5.68. The van der Waals surface area contributed by atoms with Crippen molar-refractivity contribution in [2.24, 2.45) is 5.92 Å². The fourth-order valence-electron chi connectivity index (χ4n) is 2.90. The summed E-state index contributed by atoms with van der Waals surface area (Å²) in [6.45, 7) is 0. The highest BCUT2D eigenvalue weighted by Gasteiger charge is 2.23. The van der Waals surface area contributed by atoms with Crippen molar-refractivity contribution in [3.63, 3.8) is 0 Å². The third-order valence-corrected chi connectivity index (χ3v) is 4.07. The standard InChI is InChI=1S/C14H25NO4/c16-14(17)11-12-7-5-3-1-2-4-6-8-13(10-9-12)15(18)19/h12-13H,1-11H2,(H,16,17). The molecule has 1 fully saturated rings. The van der Waals surface area contributed by atoms with Gasteiger partial charge in [-0.15, -0.1) is 0 Å². The highest BCUT2D eigenvalue weighted by molar-refractivity contribution is 5.66. The summed E-state index contributed by atoms with van der Waals surface area (Å²) in [6.07, 6.45) is 9.46. The highest BCUT2D eigenvalue weighted by Crippen LogP contribution is 2.24. The van der Waals surface area contributed by atoms with Crippen molar-refractivity contribution in [3.8, 4) is 0 Å². The van der Waals surface area contributed by atoms with Crippen LogP contribution in [0, 0.1) is 16.0 Å². The molecule has 0 saturated heterocycles. The lowest BCUT2D eigenvalue weighted by atomic mass is 9.89. The van der Waals surface area contributed by atoms with Gasteiger partial charge >= 0.3 is 5.97 Å². The van der Waals surface area contributed by atoms with Gasteiger partial charge in [0, 0.05) is 24.2 Å². The molecule has 5 nitrogen and oxygen atoms in total. The molecular weight excluding hydrogens is 246 g/mol. The van der Waals surface area contributed by atoms with Gasteiger partial charge in [-0.3, -0.25) is 14.9 Å². The molecule has 0 bridgehead atoms. The largest absolute Gasteiger partial charge is 0.481 e. The fourth-order valence-corrected chi connectivity index (χ4v) is 2.90. The van der Waals surface area contributed by atoms with Gasteiger partial charge in [-0.05, 0) is 25.2 Å². The maximum atomic E-state index is 11.0. The number of carboxylic acid groups (broad SMARTS) is 1. The number of carboxylic acids is 1. The van der Waals surface area contributed by atoms with Crippen LogP contribution >= 0.6 is 0 Å². The SMILES string of the molecule is O=C(O)CC1CCCCCCCCC([N+](=O)[O-])CC1. The molecule has 2 atom stereocenters. The van der Waals surface area contributed by atoms with Crippen molar-refractivity contribution in [2.45, 2.75) is 76.7 Å². The summed E-state index contributed by atoms with van der Waals surface area (Å²) in [4.78, 5) is 21.6. The molecule has 0 amide bonds. The predicted octanol–water partition coefficient (Wildman–Crippen LogP) is 3.64. The summed E-state index contributed by atoms with van der Waals surface area (Å²) in [5.74, 6) is -0.672. The lowest BCUT2D eigenvalue weighted by Crippen LogP contribution is -2.21. The summed E-state index contributed by atoms with van der Waals surface area (Å²) in [5, 5.41) is 19.9. The third-order valence-electron chi connectivity index (χ3n) is 4.07. The van der Waals surface area contributed by atoms with Crippen molar-refractivity contribution < 1.29 is 14.8 Å². The van der Waals surface area contributed by atoms with Crippen molar-refractivity contribution in [1.29, 1.82) is 0 Å². The van der Waals surface area contributed by atoms with Gasteiger partial charge in [0.1, 0.15) is 0 Å². The molecule has 19 heavy (non-hydrogen) atoms. The first-order valence-electron chi connectivity index (χ1n) is 7.45. The van der Waals surface area contributed by atoms with Crippen LogP contribution in [0.15, 0.2) is 0 Å². The monoisotopic (exact) mass is 271 g/mol. The first kappa shape index (κ1) is 15.9. The van der Waals surface area contributed by atoms with E-state index in [0.29, 0.717) is 19.3 Å². The molecule has 1 saturated carbocycles. The zero-order valence-corrected chi connectivity index (χ0v) is 11.6. The molecule has 1 aliphatic carbocycles. The lowest BCUT2D eigenvalue weighted by Gasteiger charge is -2.17. The number of hydrogen-bond donors (Lipinski definition) is 1. The Labute approximate surface area is 114 Å². The van der Waals surface area contributed by atoms with Crippen LogP contribution in [-0.4, -0.2) is 22.0 Å². The van der Waals surface area contributed by atoms with Gasteiger partial charge in [-0.2, -0.15) is 0 Å². The Kier molecular flexibility index (Phi) is 7.45. The maximum absolute atomic E-state index is 11.0. The summed E-state index contributed by atoms with van der Waals surface area (Å²) >= 11 is 0. The van der Waals surface area contributed by atoms with E-state index in [1.807, 2.05) is 0 Å². The average Bonchev–Trinajstić information content (AvgIpc) is 2.31. The van der Waals surface area contributed by atoms with Crippen molar-refractivity contribution in [1.82, 2.24) is 0 Å². The molecule has 1 aliphatic rings. The van der Waals surface area contributed by atoms with E-state index in [9.17, 15) is 14.9 Å². The zero-order chi connectivity index (χ0) is 14.1. The highest BCUT2D eigenvalue weighted by atomic mass is 16.6. The van der Waals surface area contributed by atoms with Crippen LogP contribution in [0.25, 0.3) is 0 Å². The Hall–Kier alpha value is -1.13. The molecule has 0 spiro atoms. The summed E-state index contributed by atoms with van der Waals surface area (Å²) in [5.41, 5.74) is 0. The van der Waals surface area contributed by atoms with Gasteiger partial charge in [0.25, 0.3) is 0 Å². The molecule has 0 aromatic heterocycles. The second kappa shape index (κ2) is 8.88. The van der Waals surface area contributed by atoms with Crippen LogP contribution in [0.5, 0.6) is 0 Å². The summed E-state index contributed by atoms with van der Waals surface area (Å²) in [6, 6.07) is -0.476. The molecule has 0 aliphatic heterocycles. The number of aliphatic carboxylic acids is 1. The Morgan fingerprint density at radius 2 is 1.58 bits per heavy atom. The third kappa shape index (κ3) is 7.13. The number of hydrogen-bond acceptors (Lipinski definition) is 3. The minimum atomic E-state index is -0.783. The van der Waals surface area contributed by atoms with E-state index in [0.717, 1.165) is 38.5 Å². The Bertz CT molecular complexity index is 293. The van der Waals surface area contributed by atoms with E-state index >= 15 is 0 Å². The van der Waals surface area contributed by atoms with E-state index in [2.05, 4.69) is 0 Å². The molecule has 1 rings (SSSR count).